The third kappa shape index (κ3) is 4.82. The first-order valence-corrected chi connectivity index (χ1v) is 9.40. The minimum absolute atomic E-state index is 0.594. The Morgan fingerprint density at radius 2 is 2.00 bits per heavy atom. The summed E-state index contributed by atoms with van der Waals surface area (Å²) in [4.78, 5) is 1.44. The largest absolute Gasteiger partial charge is 0.314 e. The van der Waals surface area contributed by atoms with E-state index in [2.05, 4.69) is 45.5 Å². The zero-order valence-corrected chi connectivity index (χ0v) is 15.0. The molecule has 4 heteroatoms. The number of thiophene rings is 1. The highest BCUT2D eigenvalue weighted by Crippen LogP contribution is 2.27. The molecule has 1 aromatic heterocycles. The van der Waals surface area contributed by atoms with Gasteiger partial charge in [0.2, 0.25) is 0 Å². The molecular formula is C17H19BrClNS. The topological polar surface area (TPSA) is 12.0 Å². The second-order valence-corrected chi connectivity index (χ2v) is 8.71. The van der Waals surface area contributed by atoms with Gasteiger partial charge in [-0.2, -0.15) is 0 Å². The molecule has 1 saturated carbocycles. The van der Waals surface area contributed by atoms with Gasteiger partial charge in [0.15, 0.2) is 0 Å². The molecule has 1 aromatic carbocycles. The Bertz CT molecular complexity index is 594. The van der Waals surface area contributed by atoms with E-state index in [1.54, 1.807) is 0 Å². The highest BCUT2D eigenvalue weighted by atomic mass is 79.9. The Morgan fingerprint density at radius 1 is 1.19 bits per heavy atom. The van der Waals surface area contributed by atoms with Gasteiger partial charge < -0.3 is 5.32 Å². The zero-order chi connectivity index (χ0) is 14.7. The van der Waals surface area contributed by atoms with Crippen molar-refractivity contribution in [3.8, 4) is 0 Å². The Morgan fingerprint density at radius 3 is 2.67 bits per heavy atom. The maximum atomic E-state index is 6.33. The van der Waals surface area contributed by atoms with Crippen molar-refractivity contribution in [1.82, 2.24) is 5.32 Å². The van der Waals surface area contributed by atoms with E-state index in [0.29, 0.717) is 5.92 Å². The summed E-state index contributed by atoms with van der Waals surface area (Å²) < 4.78 is 1.21. The smallest absolute Gasteiger partial charge is 0.0701 e. The summed E-state index contributed by atoms with van der Waals surface area (Å²) in [6.07, 6.45) is 4.82. The van der Waals surface area contributed by atoms with E-state index in [0.717, 1.165) is 30.5 Å². The summed E-state index contributed by atoms with van der Waals surface area (Å²) in [5, 5.41) is 4.56. The minimum Gasteiger partial charge on any atom is -0.314 e. The molecule has 1 aliphatic rings. The van der Waals surface area contributed by atoms with Crippen LogP contribution in [0.25, 0.3) is 0 Å². The average molecular weight is 385 g/mol. The maximum Gasteiger partial charge on any atom is 0.0701 e. The quantitative estimate of drug-likeness (QED) is 0.681. The molecule has 21 heavy (non-hydrogen) atoms. The molecule has 0 saturated heterocycles. The van der Waals surface area contributed by atoms with Crippen LogP contribution in [0.3, 0.4) is 0 Å². The first-order valence-electron chi connectivity index (χ1n) is 7.41. The van der Waals surface area contributed by atoms with Crippen molar-refractivity contribution in [2.24, 2.45) is 5.92 Å². The van der Waals surface area contributed by atoms with Crippen LogP contribution in [-0.4, -0.2) is 12.6 Å². The summed E-state index contributed by atoms with van der Waals surface area (Å²) in [5.74, 6) is 0.594. The number of nitrogens with one attached hydrogen (secondary N) is 1. The molecule has 1 unspecified atom stereocenters. The standard InChI is InChI=1S/C17H19BrClNS/c18-17-8-7-15(21-17)10-12(11-20-14-5-6-14)9-13-3-1-2-4-16(13)19/h1-4,7-8,12,14,20H,5-6,9-11H2. The van der Waals surface area contributed by atoms with Gasteiger partial charge in [-0.15, -0.1) is 11.3 Å². The van der Waals surface area contributed by atoms with Crippen LogP contribution in [0, 0.1) is 5.92 Å². The third-order valence-electron chi connectivity index (χ3n) is 3.86. The molecular weight excluding hydrogens is 366 g/mol. The first kappa shape index (κ1) is 15.5. The van der Waals surface area contributed by atoms with E-state index >= 15 is 0 Å². The lowest BCUT2D eigenvalue weighted by Crippen LogP contribution is -2.27. The van der Waals surface area contributed by atoms with E-state index in [4.69, 9.17) is 11.6 Å². The summed E-state index contributed by atoms with van der Waals surface area (Å²) in [5.41, 5.74) is 1.26. The maximum absolute atomic E-state index is 6.33. The van der Waals surface area contributed by atoms with Crippen LogP contribution in [-0.2, 0) is 12.8 Å². The predicted octanol–water partition coefficient (Wildman–Crippen LogP) is 5.32. The van der Waals surface area contributed by atoms with Crippen molar-refractivity contribution in [3.05, 3.63) is 55.6 Å². The molecule has 0 amide bonds. The zero-order valence-electron chi connectivity index (χ0n) is 11.8. The van der Waals surface area contributed by atoms with Crippen LogP contribution in [0.15, 0.2) is 40.2 Å². The van der Waals surface area contributed by atoms with Crippen molar-refractivity contribution < 1.29 is 0 Å². The molecule has 1 nitrogen and oxygen atoms in total. The Labute approximate surface area is 143 Å². The summed E-state index contributed by atoms with van der Waals surface area (Å²) in [7, 11) is 0. The number of halogens is 2. The Hall–Kier alpha value is -0.350. The van der Waals surface area contributed by atoms with Gasteiger partial charge in [0, 0.05) is 15.9 Å². The monoisotopic (exact) mass is 383 g/mol. The minimum atomic E-state index is 0.594. The van der Waals surface area contributed by atoms with Gasteiger partial charge in [-0.1, -0.05) is 29.8 Å². The SMILES string of the molecule is Clc1ccccc1CC(CNC1CC1)Cc1ccc(Br)s1. The fourth-order valence-electron chi connectivity index (χ4n) is 2.56. The van der Waals surface area contributed by atoms with Crippen LogP contribution in [0.4, 0.5) is 0 Å². The Balaban J connectivity index is 1.67. The van der Waals surface area contributed by atoms with E-state index in [1.165, 1.54) is 27.1 Å². The van der Waals surface area contributed by atoms with Gasteiger partial charge in [-0.05, 0) is 77.8 Å². The highest BCUT2D eigenvalue weighted by molar-refractivity contribution is 9.11. The van der Waals surface area contributed by atoms with Crippen molar-refractivity contribution in [1.29, 1.82) is 0 Å². The summed E-state index contributed by atoms with van der Waals surface area (Å²) in [6, 6.07) is 13.3. The normalized spacial score (nSPS) is 16.1. The Kier molecular flexibility index (Phi) is 5.38. The molecule has 3 rings (SSSR count). The number of rotatable bonds is 7. The van der Waals surface area contributed by atoms with Gasteiger partial charge in [0.05, 0.1) is 3.79 Å². The first-order chi connectivity index (χ1) is 10.2. The molecule has 112 valence electrons. The molecule has 0 spiro atoms. The van der Waals surface area contributed by atoms with Crippen LogP contribution >= 0.6 is 38.9 Å². The van der Waals surface area contributed by atoms with Gasteiger partial charge in [-0.3, -0.25) is 0 Å². The molecule has 1 heterocycles. The van der Waals surface area contributed by atoms with Crippen LogP contribution in [0.5, 0.6) is 0 Å². The molecule has 0 bridgehead atoms. The van der Waals surface area contributed by atoms with Crippen LogP contribution < -0.4 is 5.32 Å². The fourth-order valence-corrected chi connectivity index (χ4v) is 4.37. The molecule has 1 N–H and O–H groups in total. The lowest BCUT2D eigenvalue weighted by molar-refractivity contribution is 0.471. The molecule has 0 radical (unpaired) electrons. The molecule has 1 atom stereocenters. The lowest BCUT2D eigenvalue weighted by Gasteiger charge is -2.18. The van der Waals surface area contributed by atoms with E-state index in [-0.39, 0.29) is 0 Å². The fraction of sp³-hybridized carbons (Fsp3) is 0.412. The lowest BCUT2D eigenvalue weighted by atomic mass is 9.95. The van der Waals surface area contributed by atoms with Gasteiger partial charge >= 0.3 is 0 Å². The van der Waals surface area contributed by atoms with E-state index in [1.807, 2.05) is 23.5 Å². The van der Waals surface area contributed by atoms with Gasteiger partial charge in [-0.25, -0.2) is 0 Å². The van der Waals surface area contributed by atoms with Crippen molar-refractivity contribution >= 4 is 38.9 Å². The van der Waals surface area contributed by atoms with E-state index in [9.17, 15) is 0 Å². The van der Waals surface area contributed by atoms with E-state index < -0.39 is 0 Å². The van der Waals surface area contributed by atoms with Crippen LogP contribution in [0.1, 0.15) is 23.3 Å². The summed E-state index contributed by atoms with van der Waals surface area (Å²) in [6.45, 7) is 1.07. The van der Waals surface area contributed by atoms with Crippen molar-refractivity contribution in [2.75, 3.05) is 6.54 Å². The number of hydrogen-bond donors (Lipinski definition) is 1. The molecule has 0 aliphatic heterocycles. The number of hydrogen-bond acceptors (Lipinski definition) is 2. The van der Waals surface area contributed by atoms with Crippen molar-refractivity contribution in [3.63, 3.8) is 0 Å². The van der Waals surface area contributed by atoms with Gasteiger partial charge in [0.25, 0.3) is 0 Å². The van der Waals surface area contributed by atoms with Crippen LogP contribution in [0.2, 0.25) is 5.02 Å². The highest BCUT2D eigenvalue weighted by Gasteiger charge is 2.22. The molecule has 1 fully saturated rings. The second-order valence-electron chi connectivity index (χ2n) is 5.75. The third-order valence-corrected chi connectivity index (χ3v) is 5.87. The molecule has 1 aliphatic carbocycles. The second kappa shape index (κ2) is 7.28. The van der Waals surface area contributed by atoms with Gasteiger partial charge in [0.1, 0.15) is 0 Å². The molecule has 2 aromatic rings. The van der Waals surface area contributed by atoms with Crippen molar-refractivity contribution in [2.45, 2.75) is 31.7 Å². The average Bonchev–Trinajstić information content (AvgIpc) is 3.21. The summed E-state index contributed by atoms with van der Waals surface area (Å²) >= 11 is 11.7. The number of benzene rings is 1. The predicted molar refractivity (Wildman–Crippen MR) is 95.4 cm³/mol.